The summed E-state index contributed by atoms with van der Waals surface area (Å²) >= 11 is 6.17. The van der Waals surface area contributed by atoms with Gasteiger partial charge in [0, 0.05) is 29.0 Å². The first-order valence-electron chi connectivity index (χ1n) is 6.08. The van der Waals surface area contributed by atoms with Crippen LogP contribution in [0.15, 0.2) is 18.2 Å². The summed E-state index contributed by atoms with van der Waals surface area (Å²) in [6.45, 7) is 3.16. The molecule has 0 spiro atoms. The van der Waals surface area contributed by atoms with Gasteiger partial charge in [-0.25, -0.2) is 0 Å². The molecule has 0 bridgehead atoms. The van der Waals surface area contributed by atoms with Gasteiger partial charge in [-0.2, -0.15) is 0 Å². The molecule has 100 valence electrons. The number of hydrogen-bond acceptors (Lipinski definition) is 3. The first-order chi connectivity index (χ1) is 8.61. The van der Waals surface area contributed by atoms with Crippen molar-refractivity contribution in [2.24, 2.45) is 5.73 Å². The molecule has 0 aromatic heterocycles. The van der Waals surface area contributed by atoms with Gasteiger partial charge in [-0.15, -0.1) is 0 Å². The number of hydrogen-bond donors (Lipinski definition) is 1. The Morgan fingerprint density at radius 2 is 2.33 bits per heavy atom. The molecule has 1 aromatic rings. The van der Waals surface area contributed by atoms with Crippen LogP contribution in [0, 0.1) is 0 Å². The van der Waals surface area contributed by atoms with Crippen molar-refractivity contribution in [2.75, 3.05) is 6.61 Å². The van der Waals surface area contributed by atoms with Crippen molar-refractivity contribution in [2.45, 2.75) is 37.0 Å². The standard InChI is InChI=1S/C13H18ClNO2S/c1-9-13(4-5-17-9)18(16)8-11-3-2-10(7-15)6-12(11)14/h2-3,6,9,13H,4-5,7-8,15H2,1H3. The summed E-state index contributed by atoms with van der Waals surface area (Å²) in [6.07, 6.45) is 0.944. The van der Waals surface area contributed by atoms with Gasteiger partial charge in [0.15, 0.2) is 0 Å². The maximum Gasteiger partial charge on any atom is 0.0691 e. The molecule has 1 aliphatic heterocycles. The molecule has 2 rings (SSSR count). The maximum atomic E-state index is 12.3. The Morgan fingerprint density at radius 1 is 1.56 bits per heavy atom. The van der Waals surface area contributed by atoms with E-state index in [1.54, 1.807) is 0 Å². The van der Waals surface area contributed by atoms with E-state index in [9.17, 15) is 4.21 Å². The van der Waals surface area contributed by atoms with Crippen molar-refractivity contribution in [3.63, 3.8) is 0 Å². The molecule has 0 radical (unpaired) electrons. The lowest BCUT2D eigenvalue weighted by molar-refractivity contribution is 0.127. The Hall–Kier alpha value is -0.420. The Kier molecular flexibility index (Phi) is 4.78. The zero-order valence-electron chi connectivity index (χ0n) is 10.4. The first kappa shape index (κ1) is 14.0. The molecule has 3 atom stereocenters. The van der Waals surface area contributed by atoms with E-state index in [1.165, 1.54) is 0 Å². The van der Waals surface area contributed by atoms with Crippen LogP contribution in [-0.2, 0) is 27.8 Å². The van der Waals surface area contributed by atoms with Crippen molar-refractivity contribution in [1.29, 1.82) is 0 Å². The number of nitrogens with two attached hydrogens (primary N) is 1. The monoisotopic (exact) mass is 287 g/mol. The van der Waals surface area contributed by atoms with Gasteiger partial charge < -0.3 is 10.5 Å². The predicted molar refractivity (Wildman–Crippen MR) is 75.0 cm³/mol. The second-order valence-electron chi connectivity index (χ2n) is 4.56. The molecule has 18 heavy (non-hydrogen) atoms. The average molecular weight is 288 g/mol. The molecule has 1 fully saturated rings. The second kappa shape index (κ2) is 6.15. The van der Waals surface area contributed by atoms with Crippen molar-refractivity contribution in [3.8, 4) is 0 Å². The first-order valence-corrected chi connectivity index (χ1v) is 7.84. The molecule has 0 amide bonds. The molecule has 1 heterocycles. The third kappa shape index (κ3) is 3.12. The fourth-order valence-electron chi connectivity index (χ4n) is 2.15. The number of ether oxygens (including phenoxy) is 1. The molecule has 1 saturated heterocycles. The molecule has 1 aromatic carbocycles. The fraction of sp³-hybridized carbons (Fsp3) is 0.538. The van der Waals surface area contributed by atoms with Crippen LogP contribution in [0.25, 0.3) is 0 Å². The van der Waals surface area contributed by atoms with Gasteiger partial charge in [0.05, 0.1) is 17.1 Å². The minimum Gasteiger partial charge on any atom is -0.377 e. The van der Waals surface area contributed by atoms with E-state index in [0.29, 0.717) is 23.9 Å². The summed E-state index contributed by atoms with van der Waals surface area (Å²) in [7, 11) is -0.936. The molecule has 3 nitrogen and oxygen atoms in total. The highest BCUT2D eigenvalue weighted by Crippen LogP contribution is 2.24. The Labute approximate surface area is 115 Å². The molecule has 5 heteroatoms. The van der Waals surface area contributed by atoms with E-state index in [4.69, 9.17) is 22.1 Å². The lowest BCUT2D eigenvalue weighted by Gasteiger charge is -2.14. The number of halogens is 1. The zero-order valence-corrected chi connectivity index (χ0v) is 12.0. The summed E-state index contributed by atoms with van der Waals surface area (Å²) < 4.78 is 17.7. The van der Waals surface area contributed by atoms with Crippen LogP contribution in [-0.4, -0.2) is 22.2 Å². The van der Waals surface area contributed by atoms with Gasteiger partial charge in [0.2, 0.25) is 0 Å². The fourth-order valence-corrected chi connectivity index (χ4v) is 4.14. The molecule has 0 saturated carbocycles. The number of benzene rings is 1. The minimum atomic E-state index is -0.936. The molecule has 3 unspecified atom stereocenters. The van der Waals surface area contributed by atoms with Crippen LogP contribution in [0.3, 0.4) is 0 Å². The van der Waals surface area contributed by atoms with E-state index < -0.39 is 10.8 Å². The van der Waals surface area contributed by atoms with Gasteiger partial charge in [-0.05, 0) is 30.5 Å². The molecular formula is C13H18ClNO2S. The largest absolute Gasteiger partial charge is 0.377 e. The Morgan fingerprint density at radius 3 is 2.89 bits per heavy atom. The Balaban J connectivity index is 2.07. The van der Waals surface area contributed by atoms with Gasteiger partial charge >= 0.3 is 0 Å². The van der Waals surface area contributed by atoms with Crippen molar-refractivity contribution < 1.29 is 8.95 Å². The van der Waals surface area contributed by atoms with E-state index in [2.05, 4.69) is 0 Å². The smallest absolute Gasteiger partial charge is 0.0691 e. The van der Waals surface area contributed by atoms with Crippen LogP contribution in [0.1, 0.15) is 24.5 Å². The van der Waals surface area contributed by atoms with Crippen molar-refractivity contribution >= 4 is 22.4 Å². The lowest BCUT2D eigenvalue weighted by Crippen LogP contribution is -2.24. The van der Waals surface area contributed by atoms with Crippen LogP contribution < -0.4 is 5.73 Å². The van der Waals surface area contributed by atoms with E-state index in [1.807, 2.05) is 25.1 Å². The van der Waals surface area contributed by atoms with Gasteiger partial charge in [-0.3, -0.25) is 4.21 Å². The highest BCUT2D eigenvalue weighted by molar-refractivity contribution is 7.84. The second-order valence-corrected chi connectivity index (χ2v) is 6.62. The van der Waals surface area contributed by atoms with Gasteiger partial charge in [0.25, 0.3) is 0 Å². The number of rotatable bonds is 4. The van der Waals surface area contributed by atoms with Crippen LogP contribution in [0.5, 0.6) is 0 Å². The normalized spacial score (nSPS) is 25.3. The van der Waals surface area contributed by atoms with Gasteiger partial charge in [-0.1, -0.05) is 23.7 Å². The van der Waals surface area contributed by atoms with Crippen LogP contribution in [0.2, 0.25) is 5.02 Å². The zero-order chi connectivity index (χ0) is 13.1. The van der Waals surface area contributed by atoms with Crippen molar-refractivity contribution in [1.82, 2.24) is 0 Å². The SMILES string of the molecule is CC1OCCC1S(=O)Cc1ccc(CN)cc1Cl. The maximum absolute atomic E-state index is 12.3. The topological polar surface area (TPSA) is 52.3 Å². The highest BCUT2D eigenvalue weighted by atomic mass is 35.5. The summed E-state index contributed by atoms with van der Waals surface area (Å²) in [5.41, 5.74) is 7.47. The highest BCUT2D eigenvalue weighted by Gasteiger charge is 2.29. The molecular weight excluding hydrogens is 270 g/mol. The summed E-state index contributed by atoms with van der Waals surface area (Å²) in [6, 6.07) is 5.71. The van der Waals surface area contributed by atoms with Gasteiger partial charge in [0.1, 0.15) is 0 Å². The third-order valence-electron chi connectivity index (χ3n) is 3.30. The summed E-state index contributed by atoms with van der Waals surface area (Å²) in [5.74, 6) is 0.488. The van der Waals surface area contributed by atoms with E-state index >= 15 is 0 Å². The molecule has 1 aliphatic rings. The minimum absolute atomic E-state index is 0.0768. The Bertz CT molecular complexity index is 453. The molecule has 0 aliphatic carbocycles. The lowest BCUT2D eigenvalue weighted by atomic mass is 10.1. The van der Waals surface area contributed by atoms with E-state index in [0.717, 1.165) is 17.5 Å². The molecule has 2 N–H and O–H groups in total. The van der Waals surface area contributed by atoms with Crippen molar-refractivity contribution in [3.05, 3.63) is 34.3 Å². The quantitative estimate of drug-likeness (QED) is 0.924. The predicted octanol–water partition coefficient (Wildman–Crippen LogP) is 2.22. The van der Waals surface area contributed by atoms with E-state index in [-0.39, 0.29) is 11.4 Å². The summed E-state index contributed by atoms with van der Waals surface area (Å²) in [5, 5.41) is 0.771. The van der Waals surface area contributed by atoms with Crippen LogP contribution in [0.4, 0.5) is 0 Å². The third-order valence-corrected chi connectivity index (χ3v) is 5.54. The van der Waals surface area contributed by atoms with Crippen LogP contribution >= 0.6 is 11.6 Å². The average Bonchev–Trinajstić information content (AvgIpc) is 2.78. The summed E-state index contributed by atoms with van der Waals surface area (Å²) in [4.78, 5) is 0.